The van der Waals surface area contributed by atoms with Crippen LogP contribution >= 0.6 is 0 Å². The van der Waals surface area contributed by atoms with Crippen LogP contribution in [-0.4, -0.2) is 58.9 Å². The van der Waals surface area contributed by atoms with E-state index in [2.05, 4.69) is 24.6 Å². The molecule has 2 heterocycles. The Morgan fingerprint density at radius 2 is 2.12 bits per heavy atom. The molecule has 0 radical (unpaired) electrons. The van der Waals surface area contributed by atoms with Gasteiger partial charge in [0, 0.05) is 37.7 Å². The molecule has 6 nitrogen and oxygen atoms in total. The lowest BCUT2D eigenvalue weighted by Gasteiger charge is -2.32. The summed E-state index contributed by atoms with van der Waals surface area (Å²) in [6.45, 7) is 3.23. The normalized spacial score (nSPS) is 18.5. The highest BCUT2D eigenvalue weighted by Gasteiger charge is 2.26. The highest BCUT2D eigenvalue weighted by molar-refractivity contribution is 5.29. The van der Waals surface area contributed by atoms with Gasteiger partial charge in [0.25, 0.3) is 0 Å². The molecule has 7 heteroatoms. The van der Waals surface area contributed by atoms with Crippen molar-refractivity contribution in [2.45, 2.75) is 31.8 Å². The fraction of sp³-hybridized carbons (Fsp3) is 0.579. The van der Waals surface area contributed by atoms with Crippen LogP contribution in [0.5, 0.6) is 5.75 Å². The number of nitrogens with zero attached hydrogens (tertiary/aromatic N) is 5. The number of benzene rings is 1. The minimum Gasteiger partial charge on any atom is -0.497 e. The average Bonchev–Trinajstić information content (AvgIpc) is 2.97. The molecule has 1 fully saturated rings. The van der Waals surface area contributed by atoms with Crippen molar-refractivity contribution in [2.75, 3.05) is 34.3 Å². The number of hydrogen-bond acceptors (Lipinski definition) is 5. The summed E-state index contributed by atoms with van der Waals surface area (Å²) in [5.41, 5.74) is 0.706. The zero-order valence-corrected chi connectivity index (χ0v) is 16.1. The van der Waals surface area contributed by atoms with E-state index in [0.29, 0.717) is 23.8 Å². The maximum Gasteiger partial charge on any atom is 0.146 e. The lowest BCUT2D eigenvalue weighted by molar-refractivity contribution is 0.192. The third kappa shape index (κ3) is 4.22. The summed E-state index contributed by atoms with van der Waals surface area (Å²) in [5, 5.41) is 8.80. The Hall–Kier alpha value is -1.99. The van der Waals surface area contributed by atoms with Crippen LogP contribution in [0.3, 0.4) is 0 Å². The fourth-order valence-corrected chi connectivity index (χ4v) is 3.59. The molecule has 2 aromatic rings. The number of likely N-dealkylation sites (tertiary alicyclic amines) is 1. The Kier molecular flexibility index (Phi) is 5.88. The molecular formula is C19H28FN5O. The van der Waals surface area contributed by atoms with Gasteiger partial charge in [0.2, 0.25) is 0 Å². The smallest absolute Gasteiger partial charge is 0.146 e. The molecule has 0 saturated carbocycles. The zero-order chi connectivity index (χ0) is 18.7. The summed E-state index contributed by atoms with van der Waals surface area (Å²) < 4.78 is 21.5. The fourth-order valence-electron chi connectivity index (χ4n) is 3.59. The summed E-state index contributed by atoms with van der Waals surface area (Å²) in [7, 11) is 7.64. The van der Waals surface area contributed by atoms with Crippen molar-refractivity contribution in [3.05, 3.63) is 41.2 Å². The summed E-state index contributed by atoms with van der Waals surface area (Å²) >= 11 is 0. The van der Waals surface area contributed by atoms with Gasteiger partial charge < -0.3 is 14.2 Å². The van der Waals surface area contributed by atoms with Crippen molar-refractivity contribution in [3.8, 4) is 5.75 Å². The standard InChI is InChI=1S/C19H28FN5O/c1-23(2)13-18-21-22-19(24(18)3)15-6-5-9-25(12-15)11-14-7-8-16(26-4)10-17(14)20/h7-8,10,15H,5-6,9,11-13H2,1-4H3/t15-/m1/s1. The number of ether oxygens (including phenoxy) is 1. The number of aromatic nitrogens is 3. The van der Waals surface area contributed by atoms with Gasteiger partial charge in [-0.2, -0.15) is 0 Å². The van der Waals surface area contributed by atoms with Crippen LogP contribution in [0.15, 0.2) is 18.2 Å². The van der Waals surface area contributed by atoms with Gasteiger partial charge in [-0.05, 0) is 39.5 Å². The molecule has 142 valence electrons. The van der Waals surface area contributed by atoms with Crippen LogP contribution in [0.4, 0.5) is 4.39 Å². The van der Waals surface area contributed by atoms with E-state index in [1.165, 1.54) is 6.07 Å². The first-order chi connectivity index (χ1) is 12.5. The van der Waals surface area contributed by atoms with Crippen molar-refractivity contribution in [3.63, 3.8) is 0 Å². The maximum absolute atomic E-state index is 14.3. The second-order valence-corrected chi connectivity index (χ2v) is 7.30. The SMILES string of the molecule is COc1ccc(CN2CCC[C@@H](c3nnc(CN(C)C)n3C)C2)c(F)c1. The number of hydrogen-bond donors (Lipinski definition) is 0. The first-order valence-corrected chi connectivity index (χ1v) is 9.05. The van der Waals surface area contributed by atoms with Crippen LogP contribution in [0, 0.1) is 5.82 Å². The predicted molar refractivity (Wildman–Crippen MR) is 98.6 cm³/mol. The monoisotopic (exact) mass is 361 g/mol. The molecule has 1 aromatic heterocycles. The van der Waals surface area contributed by atoms with E-state index in [9.17, 15) is 4.39 Å². The number of halogens is 1. The first kappa shape index (κ1) is 18.8. The molecule has 0 N–H and O–H groups in total. The minimum atomic E-state index is -0.210. The molecule has 0 amide bonds. The van der Waals surface area contributed by atoms with Crippen LogP contribution in [0.1, 0.15) is 36.0 Å². The number of methoxy groups -OCH3 is 1. The summed E-state index contributed by atoms with van der Waals surface area (Å²) in [6.07, 6.45) is 2.17. The number of piperidine rings is 1. The van der Waals surface area contributed by atoms with E-state index in [-0.39, 0.29) is 5.82 Å². The molecule has 3 rings (SSSR count). The van der Waals surface area contributed by atoms with Crippen LogP contribution in [-0.2, 0) is 20.1 Å². The molecule has 1 saturated heterocycles. The highest BCUT2D eigenvalue weighted by atomic mass is 19.1. The Bertz CT molecular complexity index is 746. The van der Waals surface area contributed by atoms with Gasteiger partial charge in [0.15, 0.2) is 0 Å². The van der Waals surface area contributed by atoms with Crippen molar-refractivity contribution in [1.82, 2.24) is 24.6 Å². The van der Waals surface area contributed by atoms with E-state index in [1.54, 1.807) is 7.11 Å². The third-order valence-electron chi connectivity index (χ3n) is 4.98. The van der Waals surface area contributed by atoms with Gasteiger partial charge in [-0.25, -0.2) is 4.39 Å². The minimum absolute atomic E-state index is 0.210. The Balaban J connectivity index is 1.69. The molecule has 0 aliphatic carbocycles. The zero-order valence-electron chi connectivity index (χ0n) is 16.1. The van der Waals surface area contributed by atoms with Crippen molar-refractivity contribution < 1.29 is 9.13 Å². The van der Waals surface area contributed by atoms with Crippen molar-refractivity contribution in [1.29, 1.82) is 0 Å². The second-order valence-electron chi connectivity index (χ2n) is 7.30. The quantitative estimate of drug-likeness (QED) is 0.791. The van der Waals surface area contributed by atoms with Gasteiger partial charge in [-0.1, -0.05) is 6.07 Å². The van der Waals surface area contributed by atoms with Gasteiger partial charge in [0.1, 0.15) is 23.2 Å². The first-order valence-electron chi connectivity index (χ1n) is 9.05. The van der Waals surface area contributed by atoms with E-state index >= 15 is 0 Å². The lowest BCUT2D eigenvalue weighted by atomic mass is 9.96. The molecule has 1 aliphatic rings. The van der Waals surface area contributed by atoms with Gasteiger partial charge in [-0.3, -0.25) is 4.90 Å². The molecule has 0 bridgehead atoms. The summed E-state index contributed by atoms with van der Waals surface area (Å²) in [4.78, 5) is 4.40. The number of rotatable bonds is 6. The highest BCUT2D eigenvalue weighted by Crippen LogP contribution is 2.27. The van der Waals surface area contributed by atoms with Gasteiger partial charge in [0.05, 0.1) is 13.7 Å². The predicted octanol–water partition coefficient (Wildman–Crippen LogP) is 2.40. The maximum atomic E-state index is 14.3. The molecule has 1 aliphatic heterocycles. The molecular weight excluding hydrogens is 333 g/mol. The second kappa shape index (κ2) is 8.14. The third-order valence-corrected chi connectivity index (χ3v) is 4.98. The molecule has 1 aromatic carbocycles. The van der Waals surface area contributed by atoms with Crippen LogP contribution < -0.4 is 4.74 Å². The molecule has 26 heavy (non-hydrogen) atoms. The van der Waals surface area contributed by atoms with Gasteiger partial charge >= 0.3 is 0 Å². The molecule has 0 unspecified atom stereocenters. The molecule has 1 atom stereocenters. The van der Waals surface area contributed by atoms with Gasteiger partial charge in [-0.15, -0.1) is 10.2 Å². The van der Waals surface area contributed by atoms with Crippen molar-refractivity contribution >= 4 is 0 Å². The topological polar surface area (TPSA) is 46.4 Å². The summed E-state index contributed by atoms with van der Waals surface area (Å²) in [6, 6.07) is 5.08. The Labute approximate surface area is 154 Å². The lowest BCUT2D eigenvalue weighted by Crippen LogP contribution is -2.35. The van der Waals surface area contributed by atoms with E-state index in [4.69, 9.17) is 4.74 Å². The van der Waals surface area contributed by atoms with E-state index in [0.717, 1.165) is 44.1 Å². The molecule has 0 spiro atoms. The van der Waals surface area contributed by atoms with Crippen molar-refractivity contribution in [2.24, 2.45) is 7.05 Å². The Morgan fingerprint density at radius 1 is 1.31 bits per heavy atom. The van der Waals surface area contributed by atoms with Crippen LogP contribution in [0.25, 0.3) is 0 Å². The van der Waals surface area contributed by atoms with Crippen LogP contribution in [0.2, 0.25) is 0 Å². The largest absolute Gasteiger partial charge is 0.497 e. The summed E-state index contributed by atoms with van der Waals surface area (Å²) in [5.74, 6) is 2.68. The average molecular weight is 361 g/mol. The Morgan fingerprint density at radius 3 is 2.81 bits per heavy atom. The van der Waals surface area contributed by atoms with E-state index < -0.39 is 0 Å². The van der Waals surface area contributed by atoms with E-state index in [1.807, 2.05) is 33.3 Å².